The van der Waals surface area contributed by atoms with Gasteiger partial charge in [0.25, 0.3) is 0 Å². The molecule has 1 heterocycles. The van der Waals surface area contributed by atoms with Crippen LogP contribution in [-0.4, -0.2) is 21.7 Å². The van der Waals surface area contributed by atoms with Crippen molar-refractivity contribution in [2.75, 3.05) is 0 Å². The van der Waals surface area contributed by atoms with Gasteiger partial charge in [-0.25, -0.2) is 4.79 Å². The van der Waals surface area contributed by atoms with Gasteiger partial charge in [-0.15, -0.1) is 0 Å². The number of carbonyl (C=O) groups is 1. The van der Waals surface area contributed by atoms with Crippen LogP contribution in [0.3, 0.4) is 0 Å². The molecule has 158 valence electrons. The molecule has 0 radical (unpaired) electrons. The van der Waals surface area contributed by atoms with Gasteiger partial charge >= 0.3 is 5.97 Å². The van der Waals surface area contributed by atoms with Crippen LogP contribution in [0.4, 0.5) is 0 Å². The number of para-hydroxylation sites is 1. The Morgan fingerprint density at radius 2 is 1.83 bits per heavy atom. The zero-order valence-electron chi connectivity index (χ0n) is 18.2. The van der Waals surface area contributed by atoms with Crippen molar-refractivity contribution in [2.24, 2.45) is 11.8 Å². The minimum Gasteiger partial charge on any atom is -0.477 e. The summed E-state index contributed by atoms with van der Waals surface area (Å²) in [6.07, 6.45) is 3.69. The fourth-order valence-corrected chi connectivity index (χ4v) is 5.02. The lowest BCUT2D eigenvalue weighted by Gasteiger charge is -2.34. The SMILES string of the molecule is Cc1ccccc1Cn1c(C(=O)O)c(CNC2CCCC(C)C2C)c2ccccc21. The number of hydrogen-bond donors (Lipinski definition) is 2. The molecule has 1 aliphatic rings. The number of aryl methyl sites for hydroxylation is 1. The van der Waals surface area contributed by atoms with E-state index in [1.807, 2.05) is 34.9 Å². The van der Waals surface area contributed by atoms with E-state index in [-0.39, 0.29) is 0 Å². The number of benzene rings is 2. The Hall–Kier alpha value is -2.59. The number of nitrogens with zero attached hydrogens (tertiary/aromatic N) is 1. The molecule has 2 aromatic carbocycles. The molecule has 1 fully saturated rings. The molecule has 4 nitrogen and oxygen atoms in total. The van der Waals surface area contributed by atoms with E-state index in [0.29, 0.717) is 36.7 Å². The molecule has 0 bridgehead atoms. The number of rotatable bonds is 6. The van der Waals surface area contributed by atoms with E-state index >= 15 is 0 Å². The summed E-state index contributed by atoms with van der Waals surface area (Å²) in [5.41, 5.74) is 4.62. The van der Waals surface area contributed by atoms with Crippen LogP contribution in [0.25, 0.3) is 10.9 Å². The molecule has 3 atom stereocenters. The zero-order valence-corrected chi connectivity index (χ0v) is 18.2. The van der Waals surface area contributed by atoms with Crippen molar-refractivity contribution >= 4 is 16.9 Å². The largest absolute Gasteiger partial charge is 0.477 e. The molecular weight excluding hydrogens is 372 g/mol. The Morgan fingerprint density at radius 3 is 2.60 bits per heavy atom. The molecule has 0 spiro atoms. The zero-order chi connectivity index (χ0) is 21.3. The number of fused-ring (bicyclic) bond motifs is 1. The topological polar surface area (TPSA) is 54.3 Å². The van der Waals surface area contributed by atoms with Gasteiger partial charge in [-0.2, -0.15) is 0 Å². The predicted octanol–water partition coefficient (Wildman–Crippen LogP) is 5.61. The summed E-state index contributed by atoms with van der Waals surface area (Å²) in [7, 11) is 0. The van der Waals surface area contributed by atoms with Gasteiger partial charge in [0.05, 0.1) is 0 Å². The Bertz CT molecular complexity index is 1050. The van der Waals surface area contributed by atoms with E-state index in [4.69, 9.17) is 0 Å². The van der Waals surface area contributed by atoms with E-state index < -0.39 is 5.97 Å². The number of nitrogens with one attached hydrogen (secondary N) is 1. The van der Waals surface area contributed by atoms with Gasteiger partial charge in [-0.05, 0) is 42.4 Å². The average molecular weight is 405 g/mol. The van der Waals surface area contributed by atoms with Gasteiger partial charge in [-0.3, -0.25) is 0 Å². The van der Waals surface area contributed by atoms with Crippen LogP contribution in [0, 0.1) is 18.8 Å². The smallest absolute Gasteiger partial charge is 0.352 e. The first-order valence-corrected chi connectivity index (χ1v) is 11.1. The molecule has 30 heavy (non-hydrogen) atoms. The van der Waals surface area contributed by atoms with Crippen LogP contribution < -0.4 is 5.32 Å². The fraction of sp³-hybridized carbons (Fsp3) is 0.423. The highest BCUT2D eigenvalue weighted by molar-refractivity contribution is 5.98. The van der Waals surface area contributed by atoms with Crippen molar-refractivity contribution in [3.63, 3.8) is 0 Å². The van der Waals surface area contributed by atoms with E-state index in [2.05, 4.69) is 44.3 Å². The minimum atomic E-state index is -0.860. The van der Waals surface area contributed by atoms with Crippen molar-refractivity contribution in [1.82, 2.24) is 9.88 Å². The summed E-state index contributed by atoms with van der Waals surface area (Å²) in [6, 6.07) is 16.7. The van der Waals surface area contributed by atoms with Crippen LogP contribution in [-0.2, 0) is 13.1 Å². The fourth-order valence-electron chi connectivity index (χ4n) is 5.02. The molecule has 4 rings (SSSR count). The second-order valence-corrected chi connectivity index (χ2v) is 8.92. The van der Waals surface area contributed by atoms with Crippen LogP contribution in [0.2, 0.25) is 0 Å². The maximum Gasteiger partial charge on any atom is 0.352 e. The first-order valence-electron chi connectivity index (χ1n) is 11.1. The molecule has 1 aliphatic carbocycles. The van der Waals surface area contributed by atoms with E-state index in [0.717, 1.165) is 28.5 Å². The maximum atomic E-state index is 12.4. The van der Waals surface area contributed by atoms with E-state index in [1.165, 1.54) is 18.4 Å². The van der Waals surface area contributed by atoms with Crippen molar-refractivity contribution in [2.45, 2.75) is 59.2 Å². The summed E-state index contributed by atoms with van der Waals surface area (Å²) >= 11 is 0. The lowest BCUT2D eigenvalue weighted by atomic mass is 9.78. The van der Waals surface area contributed by atoms with Gasteiger partial charge in [-0.1, -0.05) is 69.2 Å². The highest BCUT2D eigenvalue weighted by Gasteiger charge is 2.28. The molecule has 0 saturated heterocycles. The Labute approximate surface area is 178 Å². The Kier molecular flexibility index (Phi) is 5.96. The minimum absolute atomic E-state index is 0.406. The quantitative estimate of drug-likeness (QED) is 0.561. The number of carboxylic acid groups (broad SMARTS) is 1. The first-order chi connectivity index (χ1) is 14.5. The van der Waals surface area contributed by atoms with E-state index in [1.54, 1.807) is 0 Å². The van der Waals surface area contributed by atoms with Gasteiger partial charge in [0.15, 0.2) is 0 Å². The van der Waals surface area contributed by atoms with E-state index in [9.17, 15) is 9.90 Å². The van der Waals surface area contributed by atoms with Gasteiger partial charge < -0.3 is 15.0 Å². The van der Waals surface area contributed by atoms with Gasteiger partial charge in [0.2, 0.25) is 0 Å². The van der Waals surface area contributed by atoms with Crippen molar-refractivity contribution in [1.29, 1.82) is 0 Å². The first kappa shape index (κ1) is 20.7. The highest BCUT2D eigenvalue weighted by Crippen LogP contribution is 2.32. The lowest BCUT2D eigenvalue weighted by molar-refractivity contribution is 0.0684. The third kappa shape index (κ3) is 3.89. The molecule has 0 aliphatic heterocycles. The predicted molar refractivity (Wildman–Crippen MR) is 122 cm³/mol. The summed E-state index contributed by atoms with van der Waals surface area (Å²) in [5.74, 6) is 0.451. The summed E-state index contributed by atoms with van der Waals surface area (Å²) < 4.78 is 1.98. The lowest BCUT2D eigenvalue weighted by Crippen LogP contribution is -2.40. The molecule has 0 amide bonds. The summed E-state index contributed by atoms with van der Waals surface area (Å²) in [6.45, 7) is 7.88. The second kappa shape index (κ2) is 8.65. The molecule has 2 N–H and O–H groups in total. The molecule has 4 heteroatoms. The summed E-state index contributed by atoms with van der Waals surface area (Å²) in [5, 5.41) is 14.9. The van der Waals surface area contributed by atoms with Crippen LogP contribution in [0.1, 0.15) is 60.3 Å². The molecule has 3 unspecified atom stereocenters. The number of carboxylic acids is 1. The molecule has 3 aromatic rings. The van der Waals surface area contributed by atoms with Gasteiger partial charge in [0, 0.05) is 35.6 Å². The summed E-state index contributed by atoms with van der Waals surface area (Å²) in [4.78, 5) is 12.4. The van der Waals surface area contributed by atoms with Crippen LogP contribution in [0.5, 0.6) is 0 Å². The third-order valence-electron chi connectivity index (χ3n) is 7.12. The highest BCUT2D eigenvalue weighted by atomic mass is 16.4. The molecular formula is C26H32N2O2. The Morgan fingerprint density at radius 1 is 1.10 bits per heavy atom. The monoisotopic (exact) mass is 404 g/mol. The molecule has 1 saturated carbocycles. The Balaban J connectivity index is 1.73. The number of aromatic nitrogens is 1. The van der Waals surface area contributed by atoms with Crippen LogP contribution >= 0.6 is 0 Å². The normalized spacial score (nSPS) is 21.8. The van der Waals surface area contributed by atoms with Crippen molar-refractivity contribution < 1.29 is 9.90 Å². The maximum absolute atomic E-state index is 12.4. The molecule has 1 aromatic heterocycles. The van der Waals surface area contributed by atoms with Gasteiger partial charge in [0.1, 0.15) is 5.69 Å². The second-order valence-electron chi connectivity index (χ2n) is 8.92. The third-order valence-corrected chi connectivity index (χ3v) is 7.12. The standard InChI is InChI=1S/C26H32N2O2/c1-17-10-8-13-23(19(17)3)27-15-22-21-12-6-7-14-24(21)28(25(22)26(29)30)16-20-11-5-4-9-18(20)2/h4-7,9,11-12,14,17,19,23,27H,8,10,13,15-16H2,1-3H3,(H,29,30). The van der Waals surface area contributed by atoms with Crippen molar-refractivity contribution in [3.8, 4) is 0 Å². The van der Waals surface area contributed by atoms with Crippen LogP contribution in [0.15, 0.2) is 48.5 Å². The van der Waals surface area contributed by atoms with Crippen molar-refractivity contribution in [3.05, 3.63) is 70.9 Å². The number of hydrogen-bond acceptors (Lipinski definition) is 2. The number of aromatic carboxylic acids is 1. The average Bonchev–Trinajstić information content (AvgIpc) is 3.04.